The van der Waals surface area contributed by atoms with Gasteiger partial charge in [0.05, 0.1) is 12.8 Å². The van der Waals surface area contributed by atoms with E-state index in [4.69, 9.17) is 5.11 Å². The van der Waals surface area contributed by atoms with Gasteiger partial charge in [0.25, 0.3) is 0 Å². The third kappa shape index (κ3) is 9.58. The van der Waals surface area contributed by atoms with Gasteiger partial charge < -0.3 is 15.3 Å². The van der Waals surface area contributed by atoms with Gasteiger partial charge in [0.15, 0.2) is 0 Å². The molecule has 2 N–H and O–H groups in total. The van der Waals surface area contributed by atoms with Crippen molar-refractivity contribution in [3.63, 3.8) is 0 Å². The van der Waals surface area contributed by atoms with Crippen LogP contribution in [-0.4, -0.2) is 66.5 Å². The van der Waals surface area contributed by atoms with E-state index in [-0.39, 0.29) is 32.7 Å². The molecule has 0 aliphatic heterocycles. The zero-order chi connectivity index (χ0) is 28.3. The molecular weight excluding hydrogens is 521 g/mol. The molecule has 0 spiro atoms. The minimum Gasteiger partial charge on any atom is -0.396 e. The van der Waals surface area contributed by atoms with Crippen LogP contribution < -0.4 is 5.32 Å². The van der Waals surface area contributed by atoms with E-state index in [1.807, 2.05) is 36.4 Å². The number of carbonyl (C=O) groups excluding carboxylic acids is 2. The molecule has 0 unspecified atom stereocenters. The molecule has 0 radical (unpaired) electrons. The maximum absolute atomic E-state index is 13.9. The molecule has 0 bridgehead atoms. The minimum atomic E-state index is -3.78. The largest absolute Gasteiger partial charge is 0.396 e. The first kappa shape index (κ1) is 29.9. The highest BCUT2D eigenvalue weighted by Crippen LogP contribution is 2.17. The molecule has 0 aromatic heterocycles. The van der Waals surface area contributed by atoms with Crippen molar-refractivity contribution in [1.82, 2.24) is 14.5 Å². The van der Waals surface area contributed by atoms with Gasteiger partial charge in [-0.05, 0) is 35.2 Å². The van der Waals surface area contributed by atoms with Crippen LogP contribution in [0, 0.1) is 5.82 Å². The number of aliphatic hydroxyl groups is 1. The topological polar surface area (TPSA) is 107 Å². The highest BCUT2D eigenvalue weighted by atomic mass is 32.2. The molecule has 0 saturated carbocycles. The van der Waals surface area contributed by atoms with Gasteiger partial charge in [-0.25, -0.2) is 12.8 Å². The quantitative estimate of drug-likeness (QED) is 0.298. The number of hydrogen-bond acceptors (Lipinski definition) is 5. The summed E-state index contributed by atoms with van der Waals surface area (Å²) in [6.07, 6.45) is 1.56. The molecule has 0 heterocycles. The number of benzene rings is 3. The first-order chi connectivity index (χ1) is 18.7. The average Bonchev–Trinajstić information content (AvgIpc) is 2.92. The van der Waals surface area contributed by atoms with E-state index in [1.165, 1.54) is 29.2 Å². The summed E-state index contributed by atoms with van der Waals surface area (Å²) in [4.78, 5) is 28.6. The Morgan fingerprint density at radius 2 is 1.44 bits per heavy atom. The summed E-state index contributed by atoms with van der Waals surface area (Å²) in [6.45, 7) is -0.424. The Morgan fingerprint density at radius 1 is 0.872 bits per heavy atom. The third-order valence-electron chi connectivity index (χ3n) is 6.15. The van der Waals surface area contributed by atoms with Crippen molar-refractivity contribution in [3.05, 3.63) is 107 Å². The van der Waals surface area contributed by atoms with Crippen LogP contribution in [0.3, 0.4) is 0 Å². The van der Waals surface area contributed by atoms with Gasteiger partial charge in [-0.3, -0.25) is 9.59 Å². The lowest BCUT2D eigenvalue weighted by Crippen LogP contribution is -2.53. The highest BCUT2D eigenvalue weighted by Gasteiger charge is 2.32. The van der Waals surface area contributed by atoms with Crippen molar-refractivity contribution < 1.29 is 27.5 Å². The third-order valence-corrected chi connectivity index (χ3v) is 7.35. The van der Waals surface area contributed by atoms with Crippen LogP contribution in [0.4, 0.5) is 4.39 Å². The molecule has 39 heavy (non-hydrogen) atoms. The molecule has 1 atom stereocenters. The molecule has 3 rings (SSSR count). The van der Waals surface area contributed by atoms with E-state index in [9.17, 15) is 22.4 Å². The van der Waals surface area contributed by atoms with Crippen LogP contribution in [0.15, 0.2) is 84.9 Å². The van der Waals surface area contributed by atoms with Gasteiger partial charge in [-0.15, -0.1) is 0 Å². The number of hydrogen-bond donors (Lipinski definition) is 2. The summed E-state index contributed by atoms with van der Waals surface area (Å²) in [5, 5.41) is 11.9. The van der Waals surface area contributed by atoms with Gasteiger partial charge in [0, 0.05) is 32.7 Å². The predicted octanol–water partition coefficient (Wildman–Crippen LogP) is 2.73. The Bertz CT molecular complexity index is 1310. The van der Waals surface area contributed by atoms with E-state index in [0.29, 0.717) is 17.5 Å². The predicted molar refractivity (Wildman–Crippen MR) is 147 cm³/mol. The first-order valence-electron chi connectivity index (χ1n) is 12.6. The maximum Gasteiger partial charge on any atom is 0.243 e. The molecule has 0 aliphatic carbocycles. The lowest BCUT2D eigenvalue weighted by molar-refractivity contribution is -0.141. The van der Waals surface area contributed by atoms with E-state index >= 15 is 0 Å². The van der Waals surface area contributed by atoms with Gasteiger partial charge in [-0.2, -0.15) is 4.31 Å². The van der Waals surface area contributed by atoms with E-state index in [2.05, 4.69) is 5.32 Å². The molecule has 0 aliphatic rings. The summed E-state index contributed by atoms with van der Waals surface area (Å²) in [5.74, 6) is -1.44. The number of nitrogens with zero attached hydrogens (tertiary/aromatic N) is 2. The van der Waals surface area contributed by atoms with Crippen LogP contribution in [-0.2, 0) is 39.1 Å². The lowest BCUT2D eigenvalue weighted by Gasteiger charge is -2.33. The number of sulfonamides is 1. The number of amides is 2. The smallest absolute Gasteiger partial charge is 0.243 e. The molecular formula is C29H34FN3O5S. The SMILES string of the molecule is CS(=O)(=O)N(CC(=O)N(Cc1ccc(F)cc1)[C@@H](Cc1ccccc1)C(=O)NCCCO)Cc1ccccc1. The van der Waals surface area contributed by atoms with E-state index in [1.54, 1.807) is 24.3 Å². The molecule has 8 nitrogen and oxygen atoms in total. The van der Waals surface area contributed by atoms with Crippen molar-refractivity contribution in [2.45, 2.75) is 32.0 Å². The van der Waals surface area contributed by atoms with Crippen LogP contribution in [0.5, 0.6) is 0 Å². The van der Waals surface area contributed by atoms with Crippen molar-refractivity contribution in [3.8, 4) is 0 Å². The van der Waals surface area contributed by atoms with Gasteiger partial charge in [0.2, 0.25) is 21.8 Å². The summed E-state index contributed by atoms with van der Waals surface area (Å²) < 4.78 is 40.0. The average molecular weight is 556 g/mol. The van der Waals surface area contributed by atoms with Gasteiger partial charge >= 0.3 is 0 Å². The van der Waals surface area contributed by atoms with Crippen molar-refractivity contribution in [2.24, 2.45) is 0 Å². The summed E-state index contributed by atoms with van der Waals surface area (Å²) in [5.41, 5.74) is 2.10. The molecule has 0 saturated heterocycles. The zero-order valence-electron chi connectivity index (χ0n) is 21.9. The van der Waals surface area contributed by atoms with Gasteiger partial charge in [-0.1, -0.05) is 72.8 Å². The van der Waals surface area contributed by atoms with Gasteiger partial charge in [0.1, 0.15) is 11.9 Å². The van der Waals surface area contributed by atoms with Crippen molar-refractivity contribution in [2.75, 3.05) is 26.0 Å². The molecule has 2 amide bonds. The highest BCUT2D eigenvalue weighted by molar-refractivity contribution is 7.88. The Labute approximate surface area is 229 Å². The van der Waals surface area contributed by atoms with Crippen LogP contribution >= 0.6 is 0 Å². The Kier molecular flexibility index (Phi) is 11.2. The number of carbonyl (C=O) groups is 2. The fourth-order valence-corrected chi connectivity index (χ4v) is 4.80. The second-order valence-electron chi connectivity index (χ2n) is 9.24. The molecule has 208 valence electrons. The molecule has 3 aromatic rings. The molecule has 3 aromatic carbocycles. The second-order valence-corrected chi connectivity index (χ2v) is 11.2. The van der Waals surface area contributed by atoms with Crippen LogP contribution in [0.2, 0.25) is 0 Å². The Morgan fingerprint density at radius 3 is 2.00 bits per heavy atom. The van der Waals surface area contributed by atoms with Crippen LogP contribution in [0.1, 0.15) is 23.1 Å². The lowest BCUT2D eigenvalue weighted by atomic mass is 10.0. The fourth-order valence-electron chi connectivity index (χ4n) is 4.07. The summed E-state index contributed by atoms with van der Waals surface area (Å²) in [7, 11) is -3.78. The number of halogens is 1. The minimum absolute atomic E-state index is 0.0121. The van der Waals surface area contributed by atoms with Crippen molar-refractivity contribution in [1.29, 1.82) is 0 Å². The molecule has 10 heteroatoms. The first-order valence-corrected chi connectivity index (χ1v) is 14.5. The standard InChI is InChI=1S/C29H34FN3O5S/c1-39(37,38)32(20-24-11-6-3-7-12-24)22-28(35)33(21-25-13-15-26(30)16-14-25)27(29(36)31-17-8-18-34)19-23-9-4-2-5-10-23/h2-7,9-16,27,34H,8,17-22H2,1H3,(H,31,36)/t27-/m0/s1. The van der Waals surface area contributed by atoms with Crippen LogP contribution in [0.25, 0.3) is 0 Å². The number of aliphatic hydroxyl groups excluding tert-OH is 1. The second kappa shape index (κ2) is 14.5. The fraction of sp³-hybridized carbons (Fsp3) is 0.310. The number of rotatable bonds is 14. The summed E-state index contributed by atoms with van der Waals surface area (Å²) >= 11 is 0. The normalized spacial score (nSPS) is 12.2. The monoisotopic (exact) mass is 555 g/mol. The van der Waals surface area contributed by atoms with E-state index < -0.39 is 40.2 Å². The zero-order valence-corrected chi connectivity index (χ0v) is 22.7. The Hall–Kier alpha value is -3.60. The Balaban J connectivity index is 1.97. The maximum atomic E-state index is 13.9. The number of nitrogens with one attached hydrogen (secondary N) is 1. The van der Waals surface area contributed by atoms with E-state index in [0.717, 1.165) is 16.1 Å². The summed E-state index contributed by atoms with van der Waals surface area (Å²) in [6, 6.07) is 22.7. The molecule has 0 fully saturated rings. The van der Waals surface area contributed by atoms with Crippen molar-refractivity contribution >= 4 is 21.8 Å².